The second kappa shape index (κ2) is 7.60. The standard InChI is InChI=1S/C18H18N6O4S/c1-28-12-23-17-7-6-14(9-13(17)5-8-18(23)25)20-29(26,27)16-4-2-3-15(10-16)24-11-19-21-22-24/h2-4,6-7,9-11,20H,5,8,12H2,1H3. The van der Waals surface area contributed by atoms with Crippen LogP contribution in [0.3, 0.4) is 0 Å². The third-order valence-electron chi connectivity index (χ3n) is 4.53. The number of hydrogen-bond acceptors (Lipinski definition) is 7. The molecule has 0 saturated heterocycles. The molecule has 0 spiro atoms. The fraction of sp³-hybridized carbons (Fsp3) is 0.222. The number of carbonyl (C=O) groups is 1. The first-order chi connectivity index (χ1) is 14.0. The number of anilines is 2. The van der Waals surface area contributed by atoms with Crippen LogP contribution in [0.5, 0.6) is 0 Å². The second-order valence-electron chi connectivity index (χ2n) is 6.44. The van der Waals surface area contributed by atoms with Crippen LogP contribution in [-0.2, 0) is 26.0 Å². The Balaban J connectivity index is 1.61. The average Bonchev–Trinajstić information content (AvgIpc) is 3.25. The maximum Gasteiger partial charge on any atom is 0.261 e. The SMILES string of the molecule is COCN1C(=O)CCc2cc(NS(=O)(=O)c3cccc(-n4cnnn4)c3)ccc21. The summed E-state index contributed by atoms with van der Waals surface area (Å²) in [5.74, 6) is -0.0212. The smallest absolute Gasteiger partial charge is 0.261 e. The van der Waals surface area contributed by atoms with E-state index in [1.54, 1.807) is 35.2 Å². The van der Waals surface area contributed by atoms with Crippen LogP contribution in [0.15, 0.2) is 53.7 Å². The van der Waals surface area contributed by atoms with E-state index in [9.17, 15) is 13.2 Å². The van der Waals surface area contributed by atoms with Gasteiger partial charge in [0.2, 0.25) is 5.91 Å². The molecular formula is C18H18N6O4S. The van der Waals surface area contributed by atoms with Crippen LogP contribution in [0.4, 0.5) is 11.4 Å². The van der Waals surface area contributed by atoms with Gasteiger partial charge < -0.3 is 4.74 Å². The van der Waals surface area contributed by atoms with Gasteiger partial charge >= 0.3 is 0 Å². The summed E-state index contributed by atoms with van der Waals surface area (Å²) in [6, 6.07) is 11.4. The van der Waals surface area contributed by atoms with Gasteiger partial charge in [-0.25, -0.2) is 13.1 Å². The first-order valence-electron chi connectivity index (χ1n) is 8.76. The Hall–Kier alpha value is -3.31. The van der Waals surface area contributed by atoms with Crippen LogP contribution in [0.2, 0.25) is 0 Å². The molecule has 1 aliphatic heterocycles. The number of fused-ring (bicyclic) bond motifs is 1. The van der Waals surface area contributed by atoms with Crippen LogP contribution in [-0.4, -0.2) is 48.4 Å². The minimum absolute atomic E-state index is 0.0212. The molecule has 2 heterocycles. The normalized spacial score (nSPS) is 14.0. The Kier molecular flexibility index (Phi) is 4.99. The maximum absolute atomic E-state index is 12.9. The van der Waals surface area contributed by atoms with Gasteiger partial charge in [0.05, 0.1) is 10.6 Å². The van der Waals surface area contributed by atoms with Crippen molar-refractivity contribution in [2.45, 2.75) is 17.7 Å². The van der Waals surface area contributed by atoms with Crippen LogP contribution in [0.25, 0.3) is 5.69 Å². The van der Waals surface area contributed by atoms with E-state index in [0.29, 0.717) is 24.2 Å². The number of methoxy groups -OCH3 is 1. The Morgan fingerprint density at radius 3 is 2.79 bits per heavy atom. The number of aromatic nitrogens is 4. The number of aryl methyl sites for hydroxylation is 1. The zero-order chi connectivity index (χ0) is 20.4. The maximum atomic E-state index is 12.9. The quantitative estimate of drug-likeness (QED) is 0.646. The highest BCUT2D eigenvalue weighted by molar-refractivity contribution is 7.92. The summed E-state index contributed by atoms with van der Waals surface area (Å²) in [6.07, 6.45) is 2.27. The van der Waals surface area contributed by atoms with Gasteiger partial charge in [0.1, 0.15) is 13.1 Å². The van der Waals surface area contributed by atoms with Crippen LogP contribution >= 0.6 is 0 Å². The molecule has 10 nitrogen and oxygen atoms in total. The van der Waals surface area contributed by atoms with Crippen molar-refractivity contribution < 1.29 is 17.9 Å². The van der Waals surface area contributed by atoms with Crippen molar-refractivity contribution in [3.8, 4) is 5.69 Å². The lowest BCUT2D eigenvalue weighted by Gasteiger charge is -2.29. The lowest BCUT2D eigenvalue weighted by Crippen LogP contribution is -2.36. The van der Waals surface area contributed by atoms with Gasteiger partial charge in [-0.1, -0.05) is 6.07 Å². The molecule has 1 amide bonds. The van der Waals surface area contributed by atoms with E-state index in [2.05, 4.69) is 20.2 Å². The molecule has 2 aromatic carbocycles. The molecule has 0 aliphatic carbocycles. The summed E-state index contributed by atoms with van der Waals surface area (Å²) in [4.78, 5) is 13.7. The van der Waals surface area contributed by atoms with Crippen molar-refractivity contribution in [1.29, 1.82) is 0 Å². The van der Waals surface area contributed by atoms with Crippen molar-refractivity contribution in [2.75, 3.05) is 23.5 Å². The molecular weight excluding hydrogens is 396 g/mol. The van der Waals surface area contributed by atoms with E-state index < -0.39 is 10.0 Å². The molecule has 0 atom stereocenters. The fourth-order valence-corrected chi connectivity index (χ4v) is 4.27. The van der Waals surface area contributed by atoms with Gasteiger partial charge in [0.25, 0.3) is 10.0 Å². The minimum Gasteiger partial charge on any atom is -0.364 e. The highest BCUT2D eigenvalue weighted by Gasteiger charge is 2.25. The zero-order valence-electron chi connectivity index (χ0n) is 15.5. The Morgan fingerprint density at radius 2 is 2.03 bits per heavy atom. The van der Waals surface area contributed by atoms with Crippen LogP contribution in [0.1, 0.15) is 12.0 Å². The first-order valence-corrected chi connectivity index (χ1v) is 10.2. The van der Waals surface area contributed by atoms with Gasteiger partial charge in [0, 0.05) is 24.9 Å². The molecule has 0 unspecified atom stereocenters. The molecule has 29 heavy (non-hydrogen) atoms. The molecule has 0 bridgehead atoms. The van der Waals surface area contributed by atoms with E-state index >= 15 is 0 Å². The number of sulfonamides is 1. The molecule has 4 rings (SSSR count). The predicted molar refractivity (Wildman–Crippen MR) is 104 cm³/mol. The van der Waals surface area contributed by atoms with Crippen LogP contribution in [0, 0.1) is 0 Å². The van der Waals surface area contributed by atoms with Gasteiger partial charge in [0.15, 0.2) is 0 Å². The van der Waals surface area contributed by atoms with Gasteiger partial charge in [-0.3, -0.25) is 14.4 Å². The number of ether oxygens (including phenoxy) is 1. The zero-order valence-corrected chi connectivity index (χ0v) is 16.3. The summed E-state index contributed by atoms with van der Waals surface area (Å²) in [5.41, 5.74) is 2.55. The number of amides is 1. The van der Waals surface area contributed by atoms with Crippen LogP contribution < -0.4 is 9.62 Å². The van der Waals surface area contributed by atoms with E-state index in [0.717, 1.165) is 11.3 Å². The number of nitrogens with one attached hydrogen (secondary N) is 1. The highest BCUT2D eigenvalue weighted by Crippen LogP contribution is 2.31. The highest BCUT2D eigenvalue weighted by atomic mass is 32.2. The molecule has 0 saturated carbocycles. The molecule has 11 heteroatoms. The Morgan fingerprint density at radius 1 is 1.17 bits per heavy atom. The Labute approximate surface area is 167 Å². The van der Waals surface area contributed by atoms with Crippen molar-refractivity contribution in [1.82, 2.24) is 20.2 Å². The summed E-state index contributed by atoms with van der Waals surface area (Å²) in [6.45, 7) is 0.154. The summed E-state index contributed by atoms with van der Waals surface area (Å²) in [7, 11) is -2.30. The molecule has 1 aliphatic rings. The van der Waals surface area contributed by atoms with E-state index in [4.69, 9.17) is 4.74 Å². The molecule has 150 valence electrons. The molecule has 1 aromatic heterocycles. The summed E-state index contributed by atoms with van der Waals surface area (Å²) in [5, 5.41) is 10.9. The number of benzene rings is 2. The van der Waals surface area contributed by atoms with Gasteiger partial charge in [-0.2, -0.15) is 0 Å². The lowest BCUT2D eigenvalue weighted by molar-refractivity contribution is -0.119. The number of rotatable bonds is 6. The fourth-order valence-electron chi connectivity index (χ4n) is 3.18. The first kappa shape index (κ1) is 19.0. The molecule has 0 fully saturated rings. The number of tetrazole rings is 1. The van der Waals surface area contributed by atoms with Crippen molar-refractivity contribution >= 4 is 27.3 Å². The second-order valence-corrected chi connectivity index (χ2v) is 8.12. The third-order valence-corrected chi connectivity index (χ3v) is 5.91. The van der Waals surface area contributed by atoms with Crippen molar-refractivity contribution in [3.63, 3.8) is 0 Å². The Bertz CT molecular complexity index is 1150. The van der Waals surface area contributed by atoms with Crippen molar-refractivity contribution in [3.05, 3.63) is 54.4 Å². The predicted octanol–water partition coefficient (Wildman–Crippen LogP) is 1.35. The number of hydrogen-bond donors (Lipinski definition) is 1. The third kappa shape index (κ3) is 3.82. The van der Waals surface area contributed by atoms with E-state index in [-0.39, 0.29) is 17.5 Å². The summed E-state index contributed by atoms with van der Waals surface area (Å²) < 4.78 is 34.8. The monoisotopic (exact) mass is 414 g/mol. The summed E-state index contributed by atoms with van der Waals surface area (Å²) >= 11 is 0. The van der Waals surface area contributed by atoms with E-state index in [1.165, 1.54) is 30.3 Å². The number of nitrogens with zero attached hydrogens (tertiary/aromatic N) is 5. The van der Waals surface area contributed by atoms with Crippen molar-refractivity contribution in [2.24, 2.45) is 0 Å². The minimum atomic E-state index is -3.83. The molecule has 0 radical (unpaired) electrons. The average molecular weight is 414 g/mol. The molecule has 3 aromatic rings. The lowest BCUT2D eigenvalue weighted by atomic mass is 10.0. The van der Waals surface area contributed by atoms with Gasteiger partial charge in [-0.05, 0) is 58.8 Å². The molecule has 1 N–H and O–H groups in total. The topological polar surface area (TPSA) is 119 Å². The van der Waals surface area contributed by atoms with E-state index in [1.807, 2.05) is 0 Å². The largest absolute Gasteiger partial charge is 0.364 e. The number of carbonyl (C=O) groups excluding carboxylic acids is 1. The van der Waals surface area contributed by atoms with Gasteiger partial charge in [-0.15, -0.1) is 5.10 Å².